The summed E-state index contributed by atoms with van der Waals surface area (Å²) in [6.45, 7) is 2.39. The molecule has 1 aromatic carbocycles. The third kappa shape index (κ3) is 3.72. The highest BCUT2D eigenvalue weighted by atomic mass is 19.4. The highest BCUT2D eigenvalue weighted by molar-refractivity contribution is 5.27. The number of hydrogen-bond acceptors (Lipinski definition) is 1. The van der Waals surface area contributed by atoms with Crippen LogP contribution in [0.4, 0.5) is 17.6 Å². The molecular weight excluding hydrogens is 270 g/mol. The standard InChI is InChI=1S/C15H19F4N/c1-10(12-4-2-3-5-12)20-9-11-6-7-14(16)13(8-11)15(17,18)19/h6-8,10,12,20H,2-5,9H2,1H3/t10-/m0/s1. The summed E-state index contributed by atoms with van der Waals surface area (Å²) in [5, 5.41) is 3.25. The van der Waals surface area contributed by atoms with E-state index in [1.165, 1.54) is 31.7 Å². The number of rotatable bonds is 4. The van der Waals surface area contributed by atoms with E-state index in [1.807, 2.05) is 0 Å². The molecule has 2 rings (SSSR count). The van der Waals surface area contributed by atoms with Gasteiger partial charge in [-0.1, -0.05) is 18.9 Å². The Labute approximate surface area is 116 Å². The monoisotopic (exact) mass is 289 g/mol. The Kier molecular flexibility index (Phi) is 4.68. The Bertz CT molecular complexity index is 450. The highest BCUT2D eigenvalue weighted by Crippen LogP contribution is 2.32. The second kappa shape index (κ2) is 6.12. The zero-order valence-corrected chi connectivity index (χ0v) is 11.4. The van der Waals surface area contributed by atoms with Crippen molar-refractivity contribution in [3.8, 4) is 0 Å². The first-order valence-electron chi connectivity index (χ1n) is 6.97. The third-order valence-corrected chi connectivity index (χ3v) is 4.07. The number of halogens is 4. The molecule has 1 aliphatic rings. The van der Waals surface area contributed by atoms with Gasteiger partial charge in [0.15, 0.2) is 0 Å². The van der Waals surface area contributed by atoms with Gasteiger partial charge in [0.25, 0.3) is 0 Å². The summed E-state index contributed by atoms with van der Waals surface area (Å²) in [6.07, 6.45) is 0.158. The van der Waals surface area contributed by atoms with Gasteiger partial charge in [0.05, 0.1) is 5.56 Å². The van der Waals surface area contributed by atoms with Crippen molar-refractivity contribution in [3.05, 3.63) is 35.1 Å². The predicted octanol–water partition coefficient (Wildman–Crippen LogP) is 4.51. The van der Waals surface area contributed by atoms with Crippen LogP contribution in [0.3, 0.4) is 0 Å². The van der Waals surface area contributed by atoms with Crippen molar-refractivity contribution in [2.45, 2.75) is 51.4 Å². The maximum atomic E-state index is 13.2. The van der Waals surface area contributed by atoms with Crippen molar-refractivity contribution >= 4 is 0 Å². The lowest BCUT2D eigenvalue weighted by Gasteiger charge is -2.20. The Morgan fingerprint density at radius 3 is 2.50 bits per heavy atom. The van der Waals surface area contributed by atoms with E-state index >= 15 is 0 Å². The third-order valence-electron chi connectivity index (χ3n) is 4.07. The zero-order chi connectivity index (χ0) is 14.8. The van der Waals surface area contributed by atoms with E-state index in [1.54, 1.807) is 0 Å². The van der Waals surface area contributed by atoms with E-state index in [-0.39, 0.29) is 6.04 Å². The van der Waals surface area contributed by atoms with Gasteiger partial charge in [-0.2, -0.15) is 13.2 Å². The molecule has 112 valence electrons. The first kappa shape index (κ1) is 15.3. The summed E-state index contributed by atoms with van der Waals surface area (Å²) in [5.74, 6) is -0.623. The van der Waals surface area contributed by atoms with Crippen molar-refractivity contribution < 1.29 is 17.6 Å². The average molecular weight is 289 g/mol. The quantitative estimate of drug-likeness (QED) is 0.804. The van der Waals surface area contributed by atoms with E-state index in [0.717, 1.165) is 12.1 Å². The number of nitrogens with one attached hydrogen (secondary N) is 1. The summed E-state index contributed by atoms with van der Waals surface area (Å²) in [5.41, 5.74) is -0.728. The Balaban J connectivity index is 1.99. The van der Waals surface area contributed by atoms with Crippen molar-refractivity contribution in [2.75, 3.05) is 0 Å². The summed E-state index contributed by atoms with van der Waals surface area (Å²) in [4.78, 5) is 0. The molecule has 1 nitrogen and oxygen atoms in total. The van der Waals surface area contributed by atoms with Crippen LogP contribution in [-0.2, 0) is 12.7 Å². The van der Waals surface area contributed by atoms with Crippen LogP contribution < -0.4 is 5.32 Å². The molecule has 1 fully saturated rings. The van der Waals surface area contributed by atoms with Gasteiger partial charge >= 0.3 is 6.18 Å². The number of benzene rings is 1. The van der Waals surface area contributed by atoms with E-state index < -0.39 is 17.6 Å². The molecule has 1 N–H and O–H groups in total. The minimum Gasteiger partial charge on any atom is -0.310 e. The fourth-order valence-corrected chi connectivity index (χ4v) is 2.80. The first-order chi connectivity index (χ1) is 9.38. The fourth-order valence-electron chi connectivity index (χ4n) is 2.80. The second-order valence-electron chi connectivity index (χ2n) is 5.53. The minimum atomic E-state index is -4.64. The second-order valence-corrected chi connectivity index (χ2v) is 5.53. The van der Waals surface area contributed by atoms with Crippen LogP contribution in [0.2, 0.25) is 0 Å². The molecule has 1 aromatic rings. The SMILES string of the molecule is C[C@H](NCc1ccc(F)c(C(F)(F)F)c1)C1CCCC1. The van der Waals surface area contributed by atoms with Crippen molar-refractivity contribution in [1.29, 1.82) is 0 Å². The molecule has 0 aliphatic heterocycles. The Morgan fingerprint density at radius 2 is 1.90 bits per heavy atom. The van der Waals surface area contributed by atoms with Gasteiger partial charge in [-0.15, -0.1) is 0 Å². The van der Waals surface area contributed by atoms with Gasteiger partial charge in [0.1, 0.15) is 5.82 Å². The minimum absolute atomic E-state index is 0.275. The molecular formula is C15H19F4N. The summed E-state index contributed by atoms with van der Waals surface area (Å²) < 4.78 is 51.0. The van der Waals surface area contributed by atoms with E-state index in [2.05, 4.69) is 12.2 Å². The maximum Gasteiger partial charge on any atom is 0.419 e. The number of hydrogen-bond donors (Lipinski definition) is 1. The van der Waals surface area contributed by atoms with Crippen LogP contribution in [0, 0.1) is 11.7 Å². The van der Waals surface area contributed by atoms with Crippen molar-refractivity contribution in [2.24, 2.45) is 5.92 Å². The van der Waals surface area contributed by atoms with Crippen molar-refractivity contribution in [1.82, 2.24) is 5.32 Å². The van der Waals surface area contributed by atoms with Gasteiger partial charge in [-0.25, -0.2) is 4.39 Å². The van der Waals surface area contributed by atoms with Crippen LogP contribution in [0.1, 0.15) is 43.7 Å². The molecule has 1 atom stereocenters. The molecule has 0 saturated heterocycles. The van der Waals surface area contributed by atoms with Gasteiger partial charge < -0.3 is 5.32 Å². The maximum absolute atomic E-state index is 13.2. The molecule has 5 heteroatoms. The smallest absolute Gasteiger partial charge is 0.310 e. The van der Waals surface area contributed by atoms with Gasteiger partial charge in [-0.05, 0) is 43.4 Å². The van der Waals surface area contributed by atoms with Gasteiger partial charge in [0.2, 0.25) is 0 Å². The summed E-state index contributed by atoms with van der Waals surface area (Å²) in [7, 11) is 0. The van der Waals surface area contributed by atoms with E-state index in [0.29, 0.717) is 18.0 Å². The average Bonchev–Trinajstić information content (AvgIpc) is 2.90. The lowest BCUT2D eigenvalue weighted by Crippen LogP contribution is -2.31. The summed E-state index contributed by atoms with van der Waals surface area (Å²) >= 11 is 0. The molecule has 0 unspecified atom stereocenters. The molecule has 0 aromatic heterocycles. The largest absolute Gasteiger partial charge is 0.419 e. The van der Waals surface area contributed by atoms with Crippen LogP contribution in [-0.4, -0.2) is 6.04 Å². The van der Waals surface area contributed by atoms with Gasteiger partial charge in [-0.3, -0.25) is 0 Å². The van der Waals surface area contributed by atoms with Crippen LogP contribution in [0.15, 0.2) is 18.2 Å². The number of alkyl halides is 3. The molecule has 20 heavy (non-hydrogen) atoms. The topological polar surface area (TPSA) is 12.0 Å². The van der Waals surface area contributed by atoms with Crippen molar-refractivity contribution in [3.63, 3.8) is 0 Å². The predicted molar refractivity (Wildman–Crippen MR) is 69.7 cm³/mol. The van der Waals surface area contributed by atoms with Gasteiger partial charge in [0, 0.05) is 12.6 Å². The zero-order valence-electron chi connectivity index (χ0n) is 11.4. The molecule has 1 saturated carbocycles. The molecule has 0 bridgehead atoms. The van der Waals surface area contributed by atoms with E-state index in [9.17, 15) is 17.6 Å². The van der Waals surface area contributed by atoms with Crippen LogP contribution >= 0.6 is 0 Å². The van der Waals surface area contributed by atoms with Crippen LogP contribution in [0.25, 0.3) is 0 Å². The summed E-state index contributed by atoms with van der Waals surface area (Å²) in [6, 6.07) is 3.46. The molecule has 0 amide bonds. The van der Waals surface area contributed by atoms with E-state index in [4.69, 9.17) is 0 Å². The normalized spacial score (nSPS) is 18.4. The first-order valence-corrected chi connectivity index (χ1v) is 6.97. The van der Waals surface area contributed by atoms with Crippen LogP contribution in [0.5, 0.6) is 0 Å². The molecule has 0 radical (unpaired) electrons. The fraction of sp³-hybridized carbons (Fsp3) is 0.600. The Morgan fingerprint density at radius 1 is 1.25 bits per heavy atom. The molecule has 0 heterocycles. The lowest BCUT2D eigenvalue weighted by atomic mass is 9.99. The molecule has 0 spiro atoms. The Hall–Kier alpha value is -1.10. The molecule has 1 aliphatic carbocycles. The highest BCUT2D eigenvalue weighted by Gasteiger charge is 2.34. The lowest BCUT2D eigenvalue weighted by molar-refractivity contribution is -0.140.